The second kappa shape index (κ2) is 5.16. The van der Waals surface area contributed by atoms with Gasteiger partial charge in [0, 0.05) is 19.1 Å². The van der Waals surface area contributed by atoms with Crippen LogP contribution in [0, 0.1) is 5.92 Å². The van der Waals surface area contributed by atoms with Gasteiger partial charge in [-0.2, -0.15) is 0 Å². The van der Waals surface area contributed by atoms with Gasteiger partial charge >= 0.3 is 5.97 Å². The van der Waals surface area contributed by atoms with Crippen LogP contribution in [0.25, 0.3) is 0 Å². The van der Waals surface area contributed by atoms with Gasteiger partial charge in [0.1, 0.15) is 0 Å². The number of hydrogen-bond acceptors (Lipinski definition) is 4. The maximum Gasteiger partial charge on any atom is 0.334 e. The SMILES string of the molecule is NCC(OCC1CCOC1)C(=O)O. The summed E-state index contributed by atoms with van der Waals surface area (Å²) in [6.45, 7) is 1.85. The van der Waals surface area contributed by atoms with Crippen LogP contribution in [-0.2, 0) is 14.3 Å². The summed E-state index contributed by atoms with van der Waals surface area (Å²) in [5, 5.41) is 8.61. The molecule has 0 bridgehead atoms. The maximum atomic E-state index is 10.5. The van der Waals surface area contributed by atoms with E-state index in [2.05, 4.69) is 0 Å². The minimum absolute atomic E-state index is 0.0168. The summed E-state index contributed by atoms with van der Waals surface area (Å²) in [5.41, 5.74) is 5.22. The molecular weight excluding hydrogens is 174 g/mol. The second-order valence-corrected chi connectivity index (χ2v) is 3.13. The van der Waals surface area contributed by atoms with Crippen molar-refractivity contribution in [3.8, 4) is 0 Å². The van der Waals surface area contributed by atoms with Crippen LogP contribution >= 0.6 is 0 Å². The number of aliphatic carboxylic acids is 1. The highest BCUT2D eigenvalue weighted by Crippen LogP contribution is 2.12. The highest BCUT2D eigenvalue weighted by molar-refractivity contribution is 5.72. The van der Waals surface area contributed by atoms with Crippen molar-refractivity contribution in [2.24, 2.45) is 11.7 Å². The average Bonchev–Trinajstić information content (AvgIpc) is 2.57. The highest BCUT2D eigenvalue weighted by Gasteiger charge is 2.21. The van der Waals surface area contributed by atoms with Gasteiger partial charge in [0.2, 0.25) is 0 Å². The van der Waals surface area contributed by atoms with Gasteiger partial charge in [-0.3, -0.25) is 0 Å². The lowest BCUT2D eigenvalue weighted by molar-refractivity contribution is -0.150. The largest absolute Gasteiger partial charge is 0.479 e. The standard InChI is InChI=1S/C8H15NO4/c9-3-7(8(10)11)13-5-6-1-2-12-4-6/h6-7H,1-5,9H2,(H,10,11). The molecule has 0 aromatic carbocycles. The summed E-state index contributed by atoms with van der Waals surface area (Å²) in [6, 6.07) is 0. The molecule has 0 radical (unpaired) electrons. The van der Waals surface area contributed by atoms with Crippen molar-refractivity contribution in [3.05, 3.63) is 0 Å². The topological polar surface area (TPSA) is 81.8 Å². The summed E-state index contributed by atoms with van der Waals surface area (Å²) in [4.78, 5) is 10.5. The molecule has 0 aliphatic carbocycles. The highest BCUT2D eigenvalue weighted by atomic mass is 16.5. The Kier molecular flexibility index (Phi) is 4.14. The Morgan fingerprint density at radius 2 is 2.54 bits per heavy atom. The molecule has 1 rings (SSSR count). The third-order valence-corrected chi connectivity index (χ3v) is 2.05. The lowest BCUT2D eigenvalue weighted by Gasteiger charge is -2.13. The van der Waals surface area contributed by atoms with Gasteiger partial charge in [0.25, 0.3) is 0 Å². The summed E-state index contributed by atoms with van der Waals surface area (Å²) < 4.78 is 10.3. The molecular formula is C8H15NO4. The number of carbonyl (C=O) groups is 1. The van der Waals surface area contributed by atoms with Crippen LogP contribution in [-0.4, -0.2) is 43.5 Å². The smallest absolute Gasteiger partial charge is 0.334 e. The van der Waals surface area contributed by atoms with Crippen molar-refractivity contribution in [2.75, 3.05) is 26.4 Å². The number of nitrogens with two attached hydrogens (primary N) is 1. The fraction of sp³-hybridized carbons (Fsp3) is 0.875. The van der Waals surface area contributed by atoms with Crippen LogP contribution in [0.4, 0.5) is 0 Å². The first-order valence-electron chi connectivity index (χ1n) is 4.36. The summed E-state index contributed by atoms with van der Waals surface area (Å²) in [6.07, 6.45) is 0.0669. The van der Waals surface area contributed by atoms with E-state index in [9.17, 15) is 4.79 Å². The van der Waals surface area contributed by atoms with E-state index in [4.69, 9.17) is 20.3 Å². The van der Waals surface area contributed by atoms with Crippen LogP contribution < -0.4 is 5.73 Å². The molecule has 1 saturated heterocycles. The molecule has 2 atom stereocenters. The van der Waals surface area contributed by atoms with E-state index >= 15 is 0 Å². The molecule has 1 fully saturated rings. The molecule has 1 aliphatic heterocycles. The monoisotopic (exact) mass is 189 g/mol. The molecule has 1 aliphatic rings. The van der Waals surface area contributed by atoms with E-state index in [1.807, 2.05) is 0 Å². The average molecular weight is 189 g/mol. The second-order valence-electron chi connectivity index (χ2n) is 3.13. The molecule has 0 spiro atoms. The Hall–Kier alpha value is -0.650. The van der Waals surface area contributed by atoms with Crippen molar-refractivity contribution in [3.63, 3.8) is 0 Å². The van der Waals surface area contributed by atoms with Gasteiger partial charge < -0.3 is 20.3 Å². The molecule has 0 amide bonds. The fourth-order valence-electron chi connectivity index (χ4n) is 1.21. The zero-order valence-electron chi connectivity index (χ0n) is 7.44. The van der Waals surface area contributed by atoms with Crippen molar-refractivity contribution in [1.82, 2.24) is 0 Å². The molecule has 3 N–H and O–H groups in total. The van der Waals surface area contributed by atoms with Gasteiger partial charge in [-0.15, -0.1) is 0 Å². The minimum Gasteiger partial charge on any atom is -0.479 e. The molecule has 13 heavy (non-hydrogen) atoms. The molecule has 0 saturated carbocycles. The molecule has 5 nitrogen and oxygen atoms in total. The third kappa shape index (κ3) is 3.30. The van der Waals surface area contributed by atoms with Crippen molar-refractivity contribution in [1.29, 1.82) is 0 Å². The summed E-state index contributed by atoms with van der Waals surface area (Å²) >= 11 is 0. The first kappa shape index (κ1) is 10.4. The van der Waals surface area contributed by atoms with Gasteiger partial charge in [0.15, 0.2) is 6.10 Å². The number of rotatable bonds is 5. The first-order chi connectivity index (χ1) is 6.24. The minimum atomic E-state index is -0.999. The first-order valence-corrected chi connectivity index (χ1v) is 4.36. The summed E-state index contributed by atoms with van der Waals surface area (Å²) in [5.74, 6) is -0.671. The summed E-state index contributed by atoms with van der Waals surface area (Å²) in [7, 11) is 0. The van der Waals surface area contributed by atoms with Gasteiger partial charge in [-0.05, 0) is 6.42 Å². The van der Waals surface area contributed by atoms with Crippen LogP contribution in [0.15, 0.2) is 0 Å². The Morgan fingerprint density at radius 1 is 1.77 bits per heavy atom. The van der Waals surface area contributed by atoms with Crippen LogP contribution in [0.2, 0.25) is 0 Å². The zero-order chi connectivity index (χ0) is 9.68. The predicted molar refractivity (Wildman–Crippen MR) is 45.4 cm³/mol. The van der Waals surface area contributed by atoms with Gasteiger partial charge in [0.05, 0.1) is 13.2 Å². The van der Waals surface area contributed by atoms with E-state index in [-0.39, 0.29) is 6.54 Å². The van der Waals surface area contributed by atoms with E-state index in [1.165, 1.54) is 0 Å². The lowest BCUT2D eigenvalue weighted by Crippen LogP contribution is -2.33. The zero-order valence-corrected chi connectivity index (χ0v) is 7.44. The number of ether oxygens (including phenoxy) is 2. The molecule has 76 valence electrons. The third-order valence-electron chi connectivity index (χ3n) is 2.05. The number of hydrogen-bond donors (Lipinski definition) is 2. The van der Waals surface area contributed by atoms with Crippen LogP contribution in [0.1, 0.15) is 6.42 Å². The van der Waals surface area contributed by atoms with E-state index in [0.29, 0.717) is 19.1 Å². The predicted octanol–water partition coefficient (Wildman–Crippen LogP) is -0.549. The molecule has 0 aromatic rings. The number of carboxylic acids is 1. The fourth-order valence-corrected chi connectivity index (χ4v) is 1.21. The maximum absolute atomic E-state index is 10.5. The Bertz CT molecular complexity index is 168. The normalized spacial score (nSPS) is 24.5. The Labute approximate surface area is 76.8 Å². The quantitative estimate of drug-likeness (QED) is 0.606. The van der Waals surface area contributed by atoms with Gasteiger partial charge in [-0.1, -0.05) is 0 Å². The van der Waals surface area contributed by atoms with Crippen LogP contribution in [0.3, 0.4) is 0 Å². The van der Waals surface area contributed by atoms with Crippen LogP contribution in [0.5, 0.6) is 0 Å². The van der Waals surface area contributed by atoms with Crippen molar-refractivity contribution >= 4 is 5.97 Å². The molecule has 1 heterocycles. The van der Waals surface area contributed by atoms with Crippen molar-refractivity contribution < 1.29 is 19.4 Å². The van der Waals surface area contributed by atoms with E-state index in [1.54, 1.807) is 0 Å². The Morgan fingerprint density at radius 3 is 3.00 bits per heavy atom. The molecule has 2 unspecified atom stereocenters. The van der Waals surface area contributed by atoms with E-state index < -0.39 is 12.1 Å². The molecule has 5 heteroatoms. The van der Waals surface area contributed by atoms with Crippen molar-refractivity contribution in [2.45, 2.75) is 12.5 Å². The Balaban J connectivity index is 2.18. The van der Waals surface area contributed by atoms with Gasteiger partial charge in [-0.25, -0.2) is 4.79 Å². The lowest BCUT2D eigenvalue weighted by atomic mass is 10.1. The number of carboxylic acid groups (broad SMARTS) is 1. The molecule has 0 aromatic heterocycles. The van der Waals surface area contributed by atoms with E-state index in [0.717, 1.165) is 13.0 Å².